The molecule has 2 heterocycles. The molecule has 0 saturated carbocycles. The number of nitrogens with zero attached hydrogens (tertiary/aromatic N) is 3. The molecule has 0 aromatic heterocycles. The summed E-state index contributed by atoms with van der Waals surface area (Å²) in [7, 11) is 3.38. The van der Waals surface area contributed by atoms with Crippen LogP contribution in [0.4, 0.5) is 5.69 Å². The summed E-state index contributed by atoms with van der Waals surface area (Å²) in [6.45, 7) is 5.81. The average Bonchev–Trinajstić information content (AvgIpc) is 2.86. The number of ether oxygens (including phenoxy) is 2. The maximum absolute atomic E-state index is 12.8. The molecule has 3 amide bonds. The van der Waals surface area contributed by atoms with E-state index in [2.05, 4.69) is 0 Å². The second-order valence-corrected chi connectivity index (χ2v) is 9.28. The summed E-state index contributed by atoms with van der Waals surface area (Å²) in [5.41, 5.74) is 4.09. The van der Waals surface area contributed by atoms with Gasteiger partial charge >= 0.3 is 0 Å². The molecule has 2 aliphatic heterocycles. The molecule has 0 N–H and O–H groups in total. The Bertz CT molecular complexity index is 1110. The summed E-state index contributed by atoms with van der Waals surface area (Å²) in [5.74, 6) is 0.438. The molecule has 4 rings (SSSR count). The highest BCUT2D eigenvalue weighted by Gasteiger charge is 2.30. The zero-order chi connectivity index (χ0) is 25.1. The van der Waals surface area contributed by atoms with Crippen LogP contribution in [-0.2, 0) is 20.7 Å². The molecule has 8 nitrogen and oxygen atoms in total. The third kappa shape index (κ3) is 5.17. The third-order valence-electron chi connectivity index (χ3n) is 6.67. The Balaban J connectivity index is 1.70. The fraction of sp³-hybridized carbons (Fsp3) is 0.444. The van der Waals surface area contributed by atoms with E-state index in [0.717, 1.165) is 35.2 Å². The van der Waals surface area contributed by atoms with Crippen LogP contribution >= 0.6 is 0 Å². The van der Waals surface area contributed by atoms with Gasteiger partial charge in [0.2, 0.25) is 5.91 Å². The van der Waals surface area contributed by atoms with Gasteiger partial charge in [-0.15, -0.1) is 0 Å². The lowest BCUT2D eigenvalue weighted by Crippen LogP contribution is -2.41. The largest absolute Gasteiger partial charge is 0.483 e. The third-order valence-corrected chi connectivity index (χ3v) is 6.67. The SMILES string of the molecule is CC(=O)N1c2ccc(-c3ccc(C(=O)N4CCOCC4)cc3)c(OCC(=O)N(C)C)c2CC[C@@H]1C. The summed E-state index contributed by atoms with van der Waals surface area (Å²) < 4.78 is 11.5. The van der Waals surface area contributed by atoms with Crippen LogP contribution in [0.5, 0.6) is 5.75 Å². The van der Waals surface area contributed by atoms with Crippen LogP contribution in [0.25, 0.3) is 11.1 Å². The van der Waals surface area contributed by atoms with Crippen molar-refractivity contribution in [3.63, 3.8) is 0 Å². The minimum absolute atomic E-state index is 0.00979. The first kappa shape index (κ1) is 24.7. The van der Waals surface area contributed by atoms with E-state index in [1.807, 2.05) is 43.3 Å². The van der Waals surface area contributed by atoms with Crippen LogP contribution in [0.2, 0.25) is 0 Å². The molecule has 186 valence electrons. The topological polar surface area (TPSA) is 79.4 Å². The first-order valence-corrected chi connectivity index (χ1v) is 12.0. The second kappa shape index (κ2) is 10.5. The molecule has 0 radical (unpaired) electrons. The van der Waals surface area contributed by atoms with Crippen LogP contribution in [0.3, 0.4) is 0 Å². The number of carbonyl (C=O) groups is 3. The monoisotopic (exact) mass is 479 g/mol. The van der Waals surface area contributed by atoms with Gasteiger partial charge in [-0.2, -0.15) is 0 Å². The van der Waals surface area contributed by atoms with Gasteiger partial charge in [0.25, 0.3) is 11.8 Å². The van der Waals surface area contributed by atoms with Crippen LogP contribution < -0.4 is 9.64 Å². The Morgan fingerprint density at radius 2 is 1.74 bits per heavy atom. The standard InChI is InChI=1S/C27H33N3O5/c1-18-5-10-23-24(30(18)19(2)31)12-11-22(26(23)35-17-25(32)28(3)4)20-6-8-21(9-7-20)27(33)29-13-15-34-16-14-29/h6-9,11-12,18H,5,10,13-17H2,1-4H3/t18-/m0/s1. The van der Waals surface area contributed by atoms with Gasteiger partial charge in [0.1, 0.15) is 5.75 Å². The quantitative estimate of drug-likeness (QED) is 0.659. The molecule has 1 saturated heterocycles. The van der Waals surface area contributed by atoms with E-state index >= 15 is 0 Å². The zero-order valence-corrected chi connectivity index (χ0v) is 20.9. The van der Waals surface area contributed by atoms with Crippen molar-refractivity contribution >= 4 is 23.4 Å². The van der Waals surface area contributed by atoms with Gasteiger partial charge in [0, 0.05) is 56.8 Å². The highest BCUT2D eigenvalue weighted by atomic mass is 16.5. The lowest BCUT2D eigenvalue weighted by molar-refractivity contribution is -0.130. The summed E-state index contributed by atoms with van der Waals surface area (Å²) in [4.78, 5) is 42.7. The number of hydrogen-bond donors (Lipinski definition) is 0. The summed E-state index contributed by atoms with van der Waals surface area (Å²) in [6.07, 6.45) is 1.55. The number of likely N-dealkylation sites (N-methyl/N-ethyl adjacent to an activating group) is 1. The second-order valence-electron chi connectivity index (χ2n) is 9.28. The number of anilines is 1. The highest BCUT2D eigenvalue weighted by Crippen LogP contribution is 2.43. The molecule has 0 unspecified atom stereocenters. The summed E-state index contributed by atoms with van der Waals surface area (Å²) >= 11 is 0. The van der Waals surface area contributed by atoms with Crippen molar-refractivity contribution in [2.45, 2.75) is 32.7 Å². The molecule has 0 aliphatic carbocycles. The molecule has 0 spiro atoms. The molecule has 35 heavy (non-hydrogen) atoms. The Kier molecular flexibility index (Phi) is 7.40. The smallest absolute Gasteiger partial charge is 0.259 e. The number of morpholine rings is 1. The fourth-order valence-corrected chi connectivity index (χ4v) is 4.68. The lowest BCUT2D eigenvalue weighted by Gasteiger charge is -2.36. The minimum Gasteiger partial charge on any atom is -0.483 e. The number of hydrogen-bond acceptors (Lipinski definition) is 5. The van der Waals surface area contributed by atoms with Crippen molar-refractivity contribution in [1.82, 2.24) is 9.80 Å². The molecular weight excluding hydrogens is 446 g/mol. The minimum atomic E-state index is -0.146. The predicted octanol–water partition coefficient (Wildman–Crippen LogP) is 2.98. The summed E-state index contributed by atoms with van der Waals surface area (Å²) in [5, 5.41) is 0. The van der Waals surface area contributed by atoms with Crippen molar-refractivity contribution in [2.24, 2.45) is 0 Å². The van der Waals surface area contributed by atoms with E-state index in [0.29, 0.717) is 37.6 Å². The number of carbonyl (C=O) groups excluding carboxylic acids is 3. The molecule has 2 aromatic carbocycles. The Hall–Kier alpha value is -3.39. The van der Waals surface area contributed by atoms with Gasteiger partial charge in [-0.05, 0) is 49.6 Å². The molecule has 1 atom stereocenters. The zero-order valence-electron chi connectivity index (χ0n) is 20.9. The number of amides is 3. The van der Waals surface area contributed by atoms with Crippen LogP contribution in [0.15, 0.2) is 36.4 Å². The lowest BCUT2D eigenvalue weighted by atomic mass is 9.91. The maximum atomic E-state index is 12.8. The van der Waals surface area contributed by atoms with E-state index in [1.165, 1.54) is 4.90 Å². The van der Waals surface area contributed by atoms with Crippen molar-refractivity contribution < 1.29 is 23.9 Å². The summed E-state index contributed by atoms with van der Waals surface area (Å²) in [6, 6.07) is 11.4. The van der Waals surface area contributed by atoms with Crippen molar-refractivity contribution in [1.29, 1.82) is 0 Å². The number of fused-ring (bicyclic) bond motifs is 1. The van der Waals surface area contributed by atoms with Gasteiger partial charge < -0.3 is 24.2 Å². The molecule has 1 fully saturated rings. The number of rotatable bonds is 5. The molecular formula is C27H33N3O5. The van der Waals surface area contributed by atoms with Gasteiger partial charge in [-0.1, -0.05) is 12.1 Å². The molecule has 2 aromatic rings. The fourth-order valence-electron chi connectivity index (χ4n) is 4.68. The van der Waals surface area contributed by atoms with E-state index in [-0.39, 0.29) is 30.4 Å². The first-order valence-electron chi connectivity index (χ1n) is 12.0. The van der Waals surface area contributed by atoms with Crippen molar-refractivity contribution in [3.05, 3.63) is 47.5 Å². The van der Waals surface area contributed by atoms with Crippen molar-refractivity contribution in [2.75, 3.05) is 51.9 Å². The average molecular weight is 480 g/mol. The van der Waals surface area contributed by atoms with Gasteiger partial charge in [0.15, 0.2) is 6.61 Å². The van der Waals surface area contributed by atoms with Crippen LogP contribution in [0, 0.1) is 0 Å². The van der Waals surface area contributed by atoms with Gasteiger partial charge in [-0.25, -0.2) is 0 Å². The Morgan fingerprint density at radius 3 is 2.37 bits per heavy atom. The van der Waals surface area contributed by atoms with E-state index < -0.39 is 0 Å². The first-order chi connectivity index (χ1) is 16.8. The molecule has 8 heteroatoms. The van der Waals surface area contributed by atoms with E-state index in [1.54, 1.807) is 30.8 Å². The predicted molar refractivity (Wildman–Crippen MR) is 134 cm³/mol. The Morgan fingerprint density at radius 1 is 1.06 bits per heavy atom. The van der Waals surface area contributed by atoms with E-state index in [4.69, 9.17) is 9.47 Å². The molecule has 0 bridgehead atoms. The van der Waals surface area contributed by atoms with Gasteiger partial charge in [0.05, 0.1) is 18.9 Å². The van der Waals surface area contributed by atoms with Crippen molar-refractivity contribution in [3.8, 4) is 16.9 Å². The molecule has 2 aliphatic rings. The number of benzene rings is 2. The normalized spacial score (nSPS) is 17.5. The Labute approximate surface area is 206 Å². The highest BCUT2D eigenvalue weighted by molar-refractivity contribution is 5.96. The van der Waals surface area contributed by atoms with Crippen LogP contribution in [-0.4, -0.2) is 80.6 Å². The van der Waals surface area contributed by atoms with Gasteiger partial charge in [-0.3, -0.25) is 14.4 Å². The van der Waals surface area contributed by atoms with Crippen LogP contribution in [0.1, 0.15) is 36.2 Å². The maximum Gasteiger partial charge on any atom is 0.259 e. The van der Waals surface area contributed by atoms with E-state index in [9.17, 15) is 14.4 Å².